The molecule has 1 N–H and O–H groups in total. The molecule has 0 aliphatic carbocycles. The number of benzene rings is 1. The van der Waals surface area contributed by atoms with E-state index < -0.39 is 0 Å². The van der Waals surface area contributed by atoms with Gasteiger partial charge in [-0.3, -0.25) is 0 Å². The van der Waals surface area contributed by atoms with Crippen molar-refractivity contribution in [3.63, 3.8) is 0 Å². The van der Waals surface area contributed by atoms with E-state index in [4.69, 9.17) is 4.74 Å². The molecule has 2 heterocycles. The number of nitrogens with one attached hydrogen (secondary N) is 1. The summed E-state index contributed by atoms with van der Waals surface area (Å²) in [6.07, 6.45) is 0. The van der Waals surface area contributed by atoms with Gasteiger partial charge in [0, 0.05) is 23.1 Å². The maximum atomic E-state index is 5.57. The molecule has 4 heteroatoms. The molecule has 1 aromatic carbocycles. The van der Waals surface area contributed by atoms with Crippen LogP contribution in [0.5, 0.6) is 0 Å². The smallest absolute Gasteiger partial charge is 0.0674 e. The number of ether oxygens (including phenoxy) is 1. The molecular weight excluding hydrogens is 315 g/mol. The highest BCUT2D eigenvalue weighted by Crippen LogP contribution is 2.34. The van der Waals surface area contributed by atoms with Crippen LogP contribution in [-0.2, 0) is 4.74 Å². The Hall–Kier alpha value is -0.490. The summed E-state index contributed by atoms with van der Waals surface area (Å²) in [6.45, 7) is 2.75. The highest BCUT2D eigenvalue weighted by Gasteiger charge is 2.34. The Labute approximate surface area is 109 Å². The van der Waals surface area contributed by atoms with Crippen LogP contribution in [0.25, 0.3) is 0 Å². The highest BCUT2D eigenvalue weighted by molar-refractivity contribution is 14.1. The van der Waals surface area contributed by atoms with Crippen molar-refractivity contribution >= 4 is 34.0 Å². The minimum Gasteiger partial charge on any atom is -0.383 e. The topological polar surface area (TPSA) is 24.5 Å². The van der Waals surface area contributed by atoms with Crippen LogP contribution in [-0.4, -0.2) is 32.8 Å². The molecule has 3 nitrogen and oxygen atoms in total. The third-order valence-electron chi connectivity index (χ3n) is 3.56. The molecule has 2 atom stereocenters. The number of likely N-dealkylation sites (N-methyl/N-ethyl adjacent to an activating group) is 1. The van der Waals surface area contributed by atoms with Crippen molar-refractivity contribution in [3.8, 4) is 0 Å². The summed E-state index contributed by atoms with van der Waals surface area (Å²) in [6, 6.07) is 7.10. The molecule has 0 radical (unpaired) electrons. The molecule has 0 spiro atoms. The van der Waals surface area contributed by atoms with Crippen molar-refractivity contribution in [2.24, 2.45) is 5.92 Å². The van der Waals surface area contributed by atoms with E-state index >= 15 is 0 Å². The summed E-state index contributed by atoms with van der Waals surface area (Å²) in [4.78, 5) is 2.36. The second kappa shape index (κ2) is 4.07. The number of nitrogens with zero attached hydrogens (tertiary/aromatic N) is 1. The van der Waals surface area contributed by atoms with Crippen LogP contribution in [0.15, 0.2) is 18.2 Å². The van der Waals surface area contributed by atoms with E-state index in [0.717, 1.165) is 19.8 Å². The van der Waals surface area contributed by atoms with E-state index in [1.165, 1.54) is 14.9 Å². The van der Waals surface area contributed by atoms with Gasteiger partial charge in [-0.2, -0.15) is 0 Å². The van der Waals surface area contributed by atoms with Crippen molar-refractivity contribution in [3.05, 3.63) is 21.8 Å². The Morgan fingerprint density at radius 3 is 3.19 bits per heavy atom. The summed E-state index contributed by atoms with van der Waals surface area (Å²) >= 11 is 2.36. The van der Waals surface area contributed by atoms with Gasteiger partial charge in [-0.1, -0.05) is 0 Å². The Balaban J connectivity index is 2.01. The van der Waals surface area contributed by atoms with Crippen molar-refractivity contribution in [2.75, 3.05) is 37.0 Å². The summed E-state index contributed by atoms with van der Waals surface area (Å²) in [5.74, 6) is 0.607. The van der Waals surface area contributed by atoms with Gasteiger partial charge in [0.15, 0.2) is 0 Å². The average Bonchev–Trinajstić information content (AvgIpc) is 2.69. The quantitative estimate of drug-likeness (QED) is 0.738. The monoisotopic (exact) mass is 330 g/mol. The zero-order valence-corrected chi connectivity index (χ0v) is 11.4. The van der Waals surface area contributed by atoms with E-state index in [-0.39, 0.29) is 0 Å². The molecule has 0 amide bonds. The van der Waals surface area contributed by atoms with E-state index in [1.54, 1.807) is 0 Å². The summed E-state index contributed by atoms with van der Waals surface area (Å²) < 4.78 is 6.85. The molecule has 1 saturated heterocycles. The minimum absolute atomic E-state index is 0.522. The SMILES string of the molecule is CN1c2ccc(I)cc2NCC2COCC21. The number of hydrogen-bond donors (Lipinski definition) is 1. The van der Waals surface area contributed by atoms with Crippen molar-refractivity contribution < 1.29 is 4.74 Å². The predicted octanol–water partition coefficient (Wildman–Crippen LogP) is 2.17. The normalized spacial score (nSPS) is 28.0. The van der Waals surface area contributed by atoms with Crippen LogP contribution >= 0.6 is 22.6 Å². The first-order chi connectivity index (χ1) is 7.75. The van der Waals surface area contributed by atoms with Crippen molar-refractivity contribution in [1.82, 2.24) is 0 Å². The second-order valence-corrected chi connectivity index (χ2v) is 5.76. The Bertz CT molecular complexity index is 410. The molecular formula is C12H15IN2O. The number of hydrogen-bond acceptors (Lipinski definition) is 3. The van der Waals surface area contributed by atoms with Crippen LogP contribution < -0.4 is 10.2 Å². The maximum absolute atomic E-state index is 5.57. The Kier molecular flexibility index (Phi) is 2.71. The fourth-order valence-corrected chi connectivity index (χ4v) is 3.08. The van der Waals surface area contributed by atoms with Crippen LogP contribution in [0, 0.1) is 9.49 Å². The van der Waals surface area contributed by atoms with E-state index in [2.05, 4.69) is 58.1 Å². The van der Waals surface area contributed by atoms with Crippen molar-refractivity contribution in [2.45, 2.75) is 6.04 Å². The van der Waals surface area contributed by atoms with Gasteiger partial charge in [0.25, 0.3) is 0 Å². The van der Waals surface area contributed by atoms with Gasteiger partial charge < -0.3 is 15.0 Å². The number of anilines is 2. The molecule has 2 aliphatic heterocycles. The van der Waals surface area contributed by atoms with Gasteiger partial charge in [-0.15, -0.1) is 0 Å². The fraction of sp³-hybridized carbons (Fsp3) is 0.500. The zero-order chi connectivity index (χ0) is 11.1. The lowest BCUT2D eigenvalue weighted by molar-refractivity contribution is 0.185. The maximum Gasteiger partial charge on any atom is 0.0674 e. The summed E-state index contributed by atoms with van der Waals surface area (Å²) in [5, 5.41) is 3.54. The average molecular weight is 330 g/mol. The minimum atomic E-state index is 0.522. The second-order valence-electron chi connectivity index (χ2n) is 4.52. The van der Waals surface area contributed by atoms with Crippen LogP contribution in [0.3, 0.4) is 0 Å². The van der Waals surface area contributed by atoms with Crippen molar-refractivity contribution in [1.29, 1.82) is 0 Å². The number of halogens is 1. The van der Waals surface area contributed by atoms with Gasteiger partial charge in [0.05, 0.1) is 30.6 Å². The molecule has 86 valence electrons. The predicted molar refractivity (Wildman–Crippen MR) is 74.1 cm³/mol. The molecule has 1 aromatic rings. The van der Waals surface area contributed by atoms with Crippen LogP contribution in [0.2, 0.25) is 0 Å². The van der Waals surface area contributed by atoms with E-state index in [0.29, 0.717) is 12.0 Å². The molecule has 2 aliphatic rings. The van der Waals surface area contributed by atoms with E-state index in [9.17, 15) is 0 Å². The molecule has 16 heavy (non-hydrogen) atoms. The Morgan fingerprint density at radius 2 is 2.31 bits per heavy atom. The fourth-order valence-electron chi connectivity index (χ4n) is 2.59. The molecule has 0 aromatic heterocycles. The van der Waals surface area contributed by atoms with Gasteiger partial charge in [0.2, 0.25) is 0 Å². The van der Waals surface area contributed by atoms with Gasteiger partial charge in [-0.25, -0.2) is 0 Å². The molecule has 3 rings (SSSR count). The van der Waals surface area contributed by atoms with E-state index in [1.807, 2.05) is 0 Å². The van der Waals surface area contributed by atoms with Gasteiger partial charge in [0.1, 0.15) is 0 Å². The molecule has 0 saturated carbocycles. The lowest BCUT2D eigenvalue weighted by atomic mass is 10.0. The summed E-state index contributed by atoms with van der Waals surface area (Å²) in [5.41, 5.74) is 2.54. The zero-order valence-electron chi connectivity index (χ0n) is 9.24. The number of fused-ring (bicyclic) bond motifs is 2. The van der Waals surface area contributed by atoms with Crippen LogP contribution in [0.4, 0.5) is 11.4 Å². The van der Waals surface area contributed by atoms with Gasteiger partial charge >= 0.3 is 0 Å². The van der Waals surface area contributed by atoms with Crippen LogP contribution in [0.1, 0.15) is 0 Å². The summed E-state index contributed by atoms with van der Waals surface area (Å²) in [7, 11) is 2.17. The largest absolute Gasteiger partial charge is 0.383 e. The third-order valence-corrected chi connectivity index (χ3v) is 4.23. The first-order valence-electron chi connectivity index (χ1n) is 5.60. The lowest BCUT2D eigenvalue weighted by Crippen LogP contribution is -2.37. The first kappa shape index (κ1) is 10.7. The third kappa shape index (κ3) is 1.68. The first-order valence-corrected chi connectivity index (χ1v) is 6.67. The van der Waals surface area contributed by atoms with Gasteiger partial charge in [-0.05, 0) is 40.8 Å². The Morgan fingerprint density at radius 1 is 1.44 bits per heavy atom. The highest BCUT2D eigenvalue weighted by atomic mass is 127. The molecule has 1 fully saturated rings. The molecule has 0 bridgehead atoms. The number of rotatable bonds is 0. The standard InChI is InChI=1S/C12H15IN2O/c1-15-11-3-2-9(13)4-10(11)14-5-8-6-16-7-12(8)15/h2-4,8,12,14H,5-7H2,1H3. The molecule has 2 unspecified atom stereocenters. The lowest BCUT2D eigenvalue weighted by Gasteiger charge is -2.27.